The maximum Gasteiger partial charge on any atom is 0.132 e. The Morgan fingerprint density at radius 1 is 1.00 bits per heavy atom. The third kappa shape index (κ3) is 9.88. The maximum atomic E-state index is 10.8. The van der Waals surface area contributed by atoms with E-state index in [0.717, 1.165) is 57.8 Å². The van der Waals surface area contributed by atoms with E-state index in [0.29, 0.717) is 11.6 Å². The lowest BCUT2D eigenvalue weighted by atomic mass is 10.00. The van der Waals surface area contributed by atoms with E-state index in [9.17, 15) is 9.59 Å². The third-order valence-electron chi connectivity index (χ3n) is 2.75. The molecule has 16 heavy (non-hydrogen) atoms. The summed E-state index contributed by atoms with van der Waals surface area (Å²) in [5.41, 5.74) is 0. The maximum absolute atomic E-state index is 10.8. The summed E-state index contributed by atoms with van der Waals surface area (Å²) in [7, 11) is 0. The summed E-state index contributed by atoms with van der Waals surface area (Å²) in [4.78, 5) is 21.3. The second kappa shape index (κ2) is 10.8. The van der Waals surface area contributed by atoms with Crippen molar-refractivity contribution in [2.24, 2.45) is 0 Å². The molecule has 1 aliphatic rings. The predicted octanol–water partition coefficient (Wildman–Crippen LogP) is 4.07. The molecule has 0 spiro atoms. The van der Waals surface area contributed by atoms with Crippen LogP contribution < -0.4 is 0 Å². The van der Waals surface area contributed by atoms with Crippen LogP contribution in [0.3, 0.4) is 0 Å². The first kappa shape index (κ1) is 15.3. The monoisotopic (exact) mass is 226 g/mol. The zero-order valence-electron chi connectivity index (χ0n) is 10.9. The molecule has 0 aromatic rings. The molecular weight excluding hydrogens is 200 g/mol. The summed E-state index contributed by atoms with van der Waals surface area (Å²) in [6, 6.07) is 0. The van der Waals surface area contributed by atoms with Gasteiger partial charge < -0.3 is 0 Å². The molecule has 0 N–H and O–H groups in total. The molecule has 1 rings (SSSR count). The van der Waals surface area contributed by atoms with E-state index in [1.165, 1.54) is 6.42 Å². The quantitative estimate of drug-likeness (QED) is 0.708. The molecule has 1 saturated carbocycles. The van der Waals surface area contributed by atoms with Crippen LogP contribution >= 0.6 is 0 Å². The van der Waals surface area contributed by atoms with E-state index in [-0.39, 0.29) is 0 Å². The zero-order chi connectivity index (χ0) is 12.2. The number of Topliss-reactive ketones (excluding diaryl/α,β-unsaturated/α-hetero) is 2. The second-order valence-corrected chi connectivity index (χ2v) is 4.49. The van der Waals surface area contributed by atoms with Gasteiger partial charge in [0.25, 0.3) is 0 Å². The van der Waals surface area contributed by atoms with Gasteiger partial charge in [0.05, 0.1) is 0 Å². The van der Waals surface area contributed by atoms with Gasteiger partial charge in [0, 0.05) is 25.7 Å². The zero-order valence-corrected chi connectivity index (χ0v) is 10.9. The summed E-state index contributed by atoms with van der Waals surface area (Å²) in [6.45, 7) is 4.16. The highest BCUT2D eigenvalue weighted by atomic mass is 16.1. The van der Waals surface area contributed by atoms with Gasteiger partial charge in [-0.15, -0.1) is 0 Å². The van der Waals surface area contributed by atoms with E-state index in [1.54, 1.807) is 0 Å². The van der Waals surface area contributed by atoms with Gasteiger partial charge in [0.1, 0.15) is 11.6 Å². The Morgan fingerprint density at radius 2 is 1.62 bits per heavy atom. The van der Waals surface area contributed by atoms with Gasteiger partial charge in [0.2, 0.25) is 0 Å². The van der Waals surface area contributed by atoms with Crippen molar-refractivity contribution in [3.63, 3.8) is 0 Å². The Morgan fingerprint density at radius 3 is 2.00 bits per heavy atom. The van der Waals surface area contributed by atoms with Crippen LogP contribution in [0.4, 0.5) is 0 Å². The smallest absolute Gasteiger partial charge is 0.132 e. The van der Waals surface area contributed by atoms with Crippen LogP contribution in [0.25, 0.3) is 0 Å². The van der Waals surface area contributed by atoms with Gasteiger partial charge in [-0.3, -0.25) is 9.59 Å². The minimum atomic E-state index is 0.430. The minimum absolute atomic E-state index is 0.430. The van der Waals surface area contributed by atoms with Gasteiger partial charge in [-0.05, 0) is 25.7 Å². The molecule has 0 amide bonds. The molecule has 2 heteroatoms. The van der Waals surface area contributed by atoms with E-state index in [1.807, 2.05) is 6.92 Å². The predicted molar refractivity (Wildman–Crippen MR) is 67.5 cm³/mol. The number of unbranched alkanes of at least 4 members (excludes halogenated alkanes) is 1. The lowest BCUT2D eigenvalue weighted by Gasteiger charge is -2.05. The standard InChI is InChI=1S/C8H16O.C6H10O/c1-3-5-7-8(9)6-4-2;7-6-4-2-1-3-5-6/h3-7H2,1-2H3;1-5H2. The summed E-state index contributed by atoms with van der Waals surface area (Å²) < 4.78 is 0. The fraction of sp³-hybridized carbons (Fsp3) is 0.857. The molecule has 2 nitrogen and oxygen atoms in total. The van der Waals surface area contributed by atoms with Crippen LogP contribution in [0, 0.1) is 0 Å². The number of carbonyl (C=O) groups is 2. The van der Waals surface area contributed by atoms with Crippen molar-refractivity contribution in [2.45, 2.75) is 78.1 Å². The van der Waals surface area contributed by atoms with Crippen LogP contribution in [0.1, 0.15) is 78.1 Å². The molecule has 1 aliphatic carbocycles. The second-order valence-electron chi connectivity index (χ2n) is 4.49. The molecule has 0 aliphatic heterocycles. The topological polar surface area (TPSA) is 34.1 Å². The first-order valence-corrected chi connectivity index (χ1v) is 6.74. The summed E-state index contributed by atoms with van der Waals surface area (Å²) in [6.07, 6.45) is 10.0. The van der Waals surface area contributed by atoms with Crippen LogP contribution in [0.15, 0.2) is 0 Å². The SMILES string of the molecule is CCCCC(=O)CCC.O=C1CCCCC1. The molecule has 0 aromatic heterocycles. The van der Waals surface area contributed by atoms with Crippen molar-refractivity contribution in [2.75, 3.05) is 0 Å². The molecular formula is C14H26O2. The van der Waals surface area contributed by atoms with Crippen LogP contribution in [0.5, 0.6) is 0 Å². The fourth-order valence-electron chi connectivity index (χ4n) is 1.72. The van der Waals surface area contributed by atoms with Crippen molar-refractivity contribution in [3.05, 3.63) is 0 Å². The van der Waals surface area contributed by atoms with Crippen molar-refractivity contribution in [3.8, 4) is 0 Å². The molecule has 0 heterocycles. The normalized spacial score (nSPS) is 15.2. The van der Waals surface area contributed by atoms with Crippen molar-refractivity contribution >= 4 is 11.6 Å². The summed E-state index contributed by atoms with van der Waals surface area (Å²) in [5.74, 6) is 0.894. The number of ketones is 2. The van der Waals surface area contributed by atoms with Crippen LogP contribution in [-0.2, 0) is 9.59 Å². The molecule has 0 saturated heterocycles. The first-order valence-electron chi connectivity index (χ1n) is 6.74. The van der Waals surface area contributed by atoms with Gasteiger partial charge >= 0.3 is 0 Å². The third-order valence-corrected chi connectivity index (χ3v) is 2.75. The van der Waals surface area contributed by atoms with Crippen molar-refractivity contribution in [1.29, 1.82) is 0 Å². The number of carbonyl (C=O) groups excluding carboxylic acids is 2. The minimum Gasteiger partial charge on any atom is -0.300 e. The highest BCUT2D eigenvalue weighted by Crippen LogP contribution is 2.12. The summed E-state index contributed by atoms with van der Waals surface area (Å²) >= 11 is 0. The number of rotatable bonds is 5. The highest BCUT2D eigenvalue weighted by molar-refractivity contribution is 5.78. The van der Waals surface area contributed by atoms with E-state index < -0.39 is 0 Å². The van der Waals surface area contributed by atoms with Crippen molar-refractivity contribution in [1.82, 2.24) is 0 Å². The van der Waals surface area contributed by atoms with Gasteiger partial charge in [-0.2, -0.15) is 0 Å². The van der Waals surface area contributed by atoms with Crippen LogP contribution in [0.2, 0.25) is 0 Å². The molecule has 0 radical (unpaired) electrons. The Labute approximate surface area is 99.8 Å². The van der Waals surface area contributed by atoms with Gasteiger partial charge in [0.15, 0.2) is 0 Å². The number of hydrogen-bond acceptors (Lipinski definition) is 2. The first-order chi connectivity index (χ1) is 7.70. The fourth-order valence-corrected chi connectivity index (χ4v) is 1.72. The highest BCUT2D eigenvalue weighted by Gasteiger charge is 2.05. The van der Waals surface area contributed by atoms with E-state index in [4.69, 9.17) is 0 Å². The van der Waals surface area contributed by atoms with Crippen molar-refractivity contribution < 1.29 is 9.59 Å². The molecule has 1 fully saturated rings. The van der Waals surface area contributed by atoms with Gasteiger partial charge in [-0.25, -0.2) is 0 Å². The van der Waals surface area contributed by atoms with E-state index >= 15 is 0 Å². The summed E-state index contributed by atoms with van der Waals surface area (Å²) in [5, 5.41) is 0. The Bertz CT molecular complexity index is 189. The Hall–Kier alpha value is -0.660. The average Bonchev–Trinajstić information content (AvgIpc) is 2.29. The largest absolute Gasteiger partial charge is 0.300 e. The van der Waals surface area contributed by atoms with Crippen LogP contribution in [-0.4, -0.2) is 11.6 Å². The molecule has 0 atom stereocenters. The molecule has 94 valence electrons. The molecule has 0 aromatic carbocycles. The Kier molecular flexibility index (Phi) is 10.4. The molecule has 0 unspecified atom stereocenters. The van der Waals surface area contributed by atoms with E-state index in [2.05, 4.69) is 6.92 Å². The molecule has 0 bridgehead atoms. The van der Waals surface area contributed by atoms with Gasteiger partial charge in [-0.1, -0.05) is 26.7 Å². The average molecular weight is 226 g/mol. The number of hydrogen-bond donors (Lipinski definition) is 0. The lowest BCUT2D eigenvalue weighted by Crippen LogP contribution is -2.02. The lowest BCUT2D eigenvalue weighted by molar-refractivity contribution is -0.120. The Balaban J connectivity index is 0.000000288.